The van der Waals surface area contributed by atoms with Crippen molar-refractivity contribution < 1.29 is 14.6 Å². The molecule has 0 spiro atoms. The smallest absolute Gasteiger partial charge is 0.328 e. The molecule has 23 heavy (non-hydrogen) atoms. The van der Waals surface area contributed by atoms with Crippen molar-refractivity contribution in [1.29, 1.82) is 0 Å². The maximum atomic E-state index is 10.6. The molecule has 2 aromatic rings. The van der Waals surface area contributed by atoms with Crippen LogP contribution in [0.2, 0.25) is 0 Å². The molecule has 118 valence electrons. The third kappa shape index (κ3) is 4.81. The van der Waals surface area contributed by atoms with E-state index in [9.17, 15) is 4.79 Å². The van der Waals surface area contributed by atoms with E-state index in [1.165, 1.54) is 0 Å². The van der Waals surface area contributed by atoms with Crippen molar-refractivity contribution in [3.05, 3.63) is 65.2 Å². The van der Waals surface area contributed by atoms with Crippen molar-refractivity contribution in [2.75, 3.05) is 7.11 Å². The molecular formula is C19H19NO3. The molecule has 0 aliphatic carbocycles. The van der Waals surface area contributed by atoms with Gasteiger partial charge in [0.15, 0.2) is 0 Å². The van der Waals surface area contributed by atoms with E-state index >= 15 is 0 Å². The van der Waals surface area contributed by atoms with Gasteiger partial charge in [0, 0.05) is 12.3 Å². The van der Waals surface area contributed by atoms with Gasteiger partial charge in [-0.3, -0.25) is 4.99 Å². The summed E-state index contributed by atoms with van der Waals surface area (Å²) < 4.78 is 5.12. The van der Waals surface area contributed by atoms with E-state index < -0.39 is 5.97 Å². The fraction of sp³-hybridized carbons (Fsp3) is 0.158. The quantitative estimate of drug-likeness (QED) is 0.645. The summed E-state index contributed by atoms with van der Waals surface area (Å²) in [6.07, 6.45) is 5.36. The first-order chi connectivity index (χ1) is 11.1. The number of methoxy groups -OCH3 is 1. The van der Waals surface area contributed by atoms with E-state index in [1.54, 1.807) is 19.4 Å². The molecule has 0 aromatic heterocycles. The highest BCUT2D eigenvalue weighted by atomic mass is 16.5. The summed E-state index contributed by atoms with van der Waals surface area (Å²) >= 11 is 0. The van der Waals surface area contributed by atoms with E-state index in [1.807, 2.05) is 49.4 Å². The molecule has 4 heteroatoms. The molecule has 0 unspecified atom stereocenters. The topological polar surface area (TPSA) is 58.9 Å². The standard InChI is InChI=1S/C19H19NO3/c1-3-15-12-17(8-6-16(15)7-11-19(21)22)20-13-14-4-9-18(23-2)10-5-14/h4-13H,3H2,1-2H3,(H,21,22)/b11-7+,20-13+. The molecule has 0 atom stereocenters. The second-order valence-electron chi connectivity index (χ2n) is 4.94. The average molecular weight is 309 g/mol. The average Bonchev–Trinajstić information content (AvgIpc) is 2.58. The molecule has 4 nitrogen and oxygen atoms in total. The van der Waals surface area contributed by atoms with Gasteiger partial charge in [-0.05, 0) is 65.6 Å². The minimum Gasteiger partial charge on any atom is -0.497 e. The van der Waals surface area contributed by atoms with Crippen molar-refractivity contribution in [2.24, 2.45) is 4.99 Å². The number of carboxylic acid groups (broad SMARTS) is 1. The molecular weight excluding hydrogens is 290 g/mol. The molecule has 0 bridgehead atoms. The van der Waals surface area contributed by atoms with E-state index in [2.05, 4.69) is 4.99 Å². The molecule has 0 saturated heterocycles. The molecule has 1 N–H and O–H groups in total. The number of rotatable bonds is 6. The number of carboxylic acids is 1. The zero-order valence-corrected chi connectivity index (χ0v) is 13.2. The first kappa shape index (κ1) is 16.5. The van der Waals surface area contributed by atoms with Gasteiger partial charge in [-0.25, -0.2) is 4.79 Å². The predicted molar refractivity (Wildman–Crippen MR) is 92.7 cm³/mol. The molecule has 0 radical (unpaired) electrons. The number of carbonyl (C=O) groups is 1. The first-order valence-corrected chi connectivity index (χ1v) is 7.34. The Morgan fingerprint density at radius 1 is 1.22 bits per heavy atom. The first-order valence-electron chi connectivity index (χ1n) is 7.34. The lowest BCUT2D eigenvalue weighted by Gasteiger charge is -2.04. The maximum absolute atomic E-state index is 10.6. The van der Waals surface area contributed by atoms with Gasteiger partial charge in [-0.15, -0.1) is 0 Å². The normalized spacial score (nSPS) is 11.2. The molecule has 2 rings (SSSR count). The van der Waals surface area contributed by atoms with Gasteiger partial charge in [-0.2, -0.15) is 0 Å². The van der Waals surface area contributed by atoms with E-state index in [0.29, 0.717) is 0 Å². The molecule has 0 heterocycles. The van der Waals surface area contributed by atoms with Crippen LogP contribution in [0.15, 0.2) is 53.5 Å². The number of benzene rings is 2. The van der Waals surface area contributed by atoms with Crippen LogP contribution in [-0.4, -0.2) is 24.4 Å². The molecule has 0 aliphatic rings. The van der Waals surface area contributed by atoms with Crippen LogP contribution in [0.5, 0.6) is 5.75 Å². The van der Waals surface area contributed by atoms with Crippen LogP contribution in [-0.2, 0) is 11.2 Å². The Kier molecular flexibility index (Phi) is 5.69. The van der Waals surface area contributed by atoms with Crippen molar-refractivity contribution >= 4 is 23.9 Å². The summed E-state index contributed by atoms with van der Waals surface area (Å²) in [5.74, 6) is -0.140. The van der Waals surface area contributed by atoms with Gasteiger partial charge in [0.1, 0.15) is 5.75 Å². The van der Waals surface area contributed by atoms with Crippen LogP contribution < -0.4 is 4.74 Å². The SMILES string of the molecule is CCc1cc(/N=C/c2ccc(OC)cc2)ccc1/C=C/C(=O)O. The number of ether oxygens (including phenoxy) is 1. The largest absolute Gasteiger partial charge is 0.497 e. The predicted octanol–water partition coefficient (Wildman–Crippen LogP) is 4.11. The van der Waals surface area contributed by atoms with Crippen LogP contribution in [0.25, 0.3) is 6.08 Å². The van der Waals surface area contributed by atoms with Crippen molar-refractivity contribution in [1.82, 2.24) is 0 Å². The lowest BCUT2D eigenvalue weighted by Crippen LogP contribution is -1.89. The zero-order valence-electron chi connectivity index (χ0n) is 13.2. The fourth-order valence-corrected chi connectivity index (χ4v) is 2.14. The number of aliphatic carboxylic acids is 1. The van der Waals surface area contributed by atoms with Gasteiger partial charge >= 0.3 is 5.97 Å². The highest BCUT2D eigenvalue weighted by Crippen LogP contribution is 2.20. The Hall–Kier alpha value is -2.88. The summed E-state index contributed by atoms with van der Waals surface area (Å²) in [5, 5.41) is 8.72. The summed E-state index contributed by atoms with van der Waals surface area (Å²) in [4.78, 5) is 15.1. The molecule has 2 aromatic carbocycles. The minimum absolute atomic E-state index is 0.810. The van der Waals surface area contributed by atoms with Gasteiger partial charge in [0.05, 0.1) is 12.8 Å². The number of hydrogen-bond donors (Lipinski definition) is 1. The Labute approximate surface area is 135 Å². The van der Waals surface area contributed by atoms with E-state index in [4.69, 9.17) is 9.84 Å². The Bertz CT molecular complexity index is 731. The number of aryl methyl sites for hydroxylation is 1. The van der Waals surface area contributed by atoms with Crippen LogP contribution in [0.4, 0.5) is 5.69 Å². The lowest BCUT2D eigenvalue weighted by atomic mass is 10.0. The Balaban J connectivity index is 2.19. The minimum atomic E-state index is -0.950. The van der Waals surface area contributed by atoms with Crippen LogP contribution in [0, 0.1) is 0 Å². The van der Waals surface area contributed by atoms with Gasteiger partial charge in [-0.1, -0.05) is 13.0 Å². The highest BCUT2D eigenvalue weighted by Gasteiger charge is 2.00. The highest BCUT2D eigenvalue weighted by molar-refractivity contribution is 5.86. The second-order valence-corrected chi connectivity index (χ2v) is 4.94. The Morgan fingerprint density at radius 2 is 1.96 bits per heavy atom. The fourth-order valence-electron chi connectivity index (χ4n) is 2.14. The summed E-state index contributed by atoms with van der Waals surface area (Å²) in [7, 11) is 1.63. The summed E-state index contributed by atoms with van der Waals surface area (Å²) in [6, 6.07) is 13.4. The van der Waals surface area contributed by atoms with Crippen molar-refractivity contribution in [3.8, 4) is 5.75 Å². The summed E-state index contributed by atoms with van der Waals surface area (Å²) in [6.45, 7) is 2.03. The maximum Gasteiger partial charge on any atom is 0.328 e. The molecule has 0 amide bonds. The van der Waals surface area contributed by atoms with Crippen LogP contribution in [0.3, 0.4) is 0 Å². The molecule has 0 saturated carbocycles. The molecule has 0 aliphatic heterocycles. The van der Waals surface area contributed by atoms with Crippen molar-refractivity contribution in [3.63, 3.8) is 0 Å². The second kappa shape index (κ2) is 7.94. The number of aliphatic imine (C=N–C) groups is 1. The van der Waals surface area contributed by atoms with Crippen LogP contribution in [0.1, 0.15) is 23.6 Å². The third-order valence-electron chi connectivity index (χ3n) is 3.39. The summed E-state index contributed by atoms with van der Waals surface area (Å²) in [5.41, 5.74) is 3.79. The zero-order chi connectivity index (χ0) is 16.7. The number of hydrogen-bond acceptors (Lipinski definition) is 3. The van der Waals surface area contributed by atoms with E-state index in [0.717, 1.165) is 40.6 Å². The molecule has 0 fully saturated rings. The van der Waals surface area contributed by atoms with Gasteiger partial charge in [0.25, 0.3) is 0 Å². The van der Waals surface area contributed by atoms with Gasteiger partial charge in [0.2, 0.25) is 0 Å². The van der Waals surface area contributed by atoms with E-state index in [-0.39, 0.29) is 0 Å². The van der Waals surface area contributed by atoms with Crippen LogP contribution >= 0.6 is 0 Å². The monoisotopic (exact) mass is 309 g/mol. The number of nitrogens with zero attached hydrogens (tertiary/aromatic N) is 1. The van der Waals surface area contributed by atoms with Crippen molar-refractivity contribution in [2.45, 2.75) is 13.3 Å². The lowest BCUT2D eigenvalue weighted by molar-refractivity contribution is -0.131. The third-order valence-corrected chi connectivity index (χ3v) is 3.39. The van der Waals surface area contributed by atoms with Gasteiger partial charge < -0.3 is 9.84 Å². The Morgan fingerprint density at radius 3 is 2.57 bits per heavy atom.